The number of rotatable bonds is 11. The molecule has 0 aliphatic heterocycles. The lowest BCUT2D eigenvalue weighted by Crippen LogP contribution is -2.30. The molecule has 184 valence electrons. The van der Waals surface area contributed by atoms with Crippen LogP contribution in [0.5, 0.6) is 5.75 Å². The largest absolute Gasteiger partial charge is 0.494 e. The van der Waals surface area contributed by atoms with Gasteiger partial charge in [0.1, 0.15) is 24.7 Å². The average molecular weight is 500 g/mol. The van der Waals surface area contributed by atoms with Crippen LogP contribution in [0.3, 0.4) is 0 Å². The molecule has 0 radical (unpaired) electrons. The van der Waals surface area contributed by atoms with Crippen LogP contribution >= 0.6 is 11.3 Å². The van der Waals surface area contributed by atoms with E-state index in [1.807, 2.05) is 0 Å². The topological polar surface area (TPSA) is 97.8 Å². The van der Waals surface area contributed by atoms with E-state index >= 15 is 0 Å². The van der Waals surface area contributed by atoms with Crippen molar-refractivity contribution in [2.24, 2.45) is 0 Å². The van der Waals surface area contributed by atoms with Gasteiger partial charge >= 0.3 is 5.97 Å². The number of nitrogens with one attached hydrogen (secondary N) is 1. The van der Waals surface area contributed by atoms with Crippen LogP contribution in [0.4, 0.5) is 15.2 Å². The molecule has 0 fully saturated rings. The fraction of sp³-hybridized carbons (Fsp3) is 0.280. The van der Waals surface area contributed by atoms with Crippen molar-refractivity contribution < 1.29 is 28.2 Å². The predicted molar refractivity (Wildman–Crippen MR) is 130 cm³/mol. The zero-order chi connectivity index (χ0) is 25.2. The first-order chi connectivity index (χ1) is 16.9. The Labute approximate surface area is 206 Å². The molecule has 8 nitrogen and oxygen atoms in total. The van der Waals surface area contributed by atoms with E-state index in [4.69, 9.17) is 9.47 Å². The van der Waals surface area contributed by atoms with Gasteiger partial charge in [-0.05, 0) is 42.8 Å². The quantitative estimate of drug-likeness (QED) is 0.305. The van der Waals surface area contributed by atoms with Crippen LogP contribution in [0.2, 0.25) is 0 Å². The summed E-state index contributed by atoms with van der Waals surface area (Å²) in [7, 11) is 0. The first-order valence-corrected chi connectivity index (χ1v) is 11.9. The minimum Gasteiger partial charge on any atom is -0.494 e. The van der Waals surface area contributed by atoms with Gasteiger partial charge in [-0.1, -0.05) is 25.5 Å². The number of anilines is 2. The molecule has 0 unspecified atom stereocenters. The normalized spacial score (nSPS) is 10.5. The third kappa shape index (κ3) is 7.35. The van der Waals surface area contributed by atoms with Crippen molar-refractivity contribution in [3.63, 3.8) is 0 Å². The number of amides is 2. The van der Waals surface area contributed by atoms with Crippen LogP contribution in [0.1, 0.15) is 42.7 Å². The van der Waals surface area contributed by atoms with Gasteiger partial charge in [-0.15, -0.1) is 11.3 Å². The van der Waals surface area contributed by atoms with Crippen molar-refractivity contribution in [2.45, 2.75) is 33.3 Å². The number of ether oxygens (including phenoxy) is 2. The lowest BCUT2D eigenvalue weighted by atomic mass is 10.2. The second kappa shape index (κ2) is 12.6. The van der Waals surface area contributed by atoms with Gasteiger partial charge in [0.25, 0.3) is 5.91 Å². The highest BCUT2D eigenvalue weighted by Gasteiger charge is 2.21. The zero-order valence-electron chi connectivity index (χ0n) is 19.5. The predicted octanol–water partition coefficient (Wildman–Crippen LogP) is 4.62. The Balaban J connectivity index is 1.49. The molecule has 1 N–H and O–H groups in total. The van der Waals surface area contributed by atoms with Gasteiger partial charge in [0.05, 0.1) is 18.0 Å². The number of hydrogen-bond acceptors (Lipinski definition) is 7. The van der Waals surface area contributed by atoms with E-state index in [2.05, 4.69) is 17.2 Å². The summed E-state index contributed by atoms with van der Waals surface area (Å²) in [4.78, 5) is 41.9. The summed E-state index contributed by atoms with van der Waals surface area (Å²) in [6, 6.07) is 12.5. The van der Waals surface area contributed by atoms with E-state index in [0.717, 1.165) is 29.1 Å². The third-order valence-electron chi connectivity index (χ3n) is 4.80. The molecule has 1 aromatic heterocycles. The van der Waals surface area contributed by atoms with Crippen LogP contribution in [0, 0.1) is 5.82 Å². The standard InChI is InChI=1S/C25H26FN3O5S/c1-3-4-13-33-20-11-9-18(10-12-20)24(32)27-14-23(31)34-15-19-16-35-25(28-19)29(17(2)30)22-8-6-5-7-21(22)26/h5-12,16H,3-4,13-15H2,1-2H3,(H,27,32). The van der Waals surface area contributed by atoms with Crippen molar-refractivity contribution in [1.29, 1.82) is 0 Å². The molecule has 1 heterocycles. The summed E-state index contributed by atoms with van der Waals surface area (Å²) in [6.45, 7) is 3.52. The molecule has 2 amide bonds. The maximum Gasteiger partial charge on any atom is 0.325 e. The molecule has 0 aliphatic carbocycles. The van der Waals surface area contributed by atoms with E-state index in [0.29, 0.717) is 23.6 Å². The van der Waals surface area contributed by atoms with Gasteiger partial charge < -0.3 is 14.8 Å². The highest BCUT2D eigenvalue weighted by atomic mass is 32.1. The maximum atomic E-state index is 14.2. The monoisotopic (exact) mass is 499 g/mol. The van der Waals surface area contributed by atoms with Crippen molar-refractivity contribution in [3.05, 3.63) is 71.0 Å². The van der Waals surface area contributed by atoms with Gasteiger partial charge in [-0.2, -0.15) is 0 Å². The van der Waals surface area contributed by atoms with Crippen LogP contribution in [0.25, 0.3) is 0 Å². The van der Waals surface area contributed by atoms with Gasteiger partial charge in [-0.25, -0.2) is 9.37 Å². The Morgan fingerprint density at radius 2 is 1.86 bits per heavy atom. The molecular weight excluding hydrogens is 473 g/mol. The first kappa shape index (κ1) is 25.8. The van der Waals surface area contributed by atoms with Gasteiger partial charge in [0.15, 0.2) is 5.13 Å². The molecule has 0 saturated carbocycles. The maximum absolute atomic E-state index is 14.2. The second-order valence-electron chi connectivity index (χ2n) is 7.50. The Hall–Kier alpha value is -3.79. The molecule has 0 spiro atoms. The molecule has 35 heavy (non-hydrogen) atoms. The number of unbranched alkanes of at least 4 members (excludes halogenated alkanes) is 1. The summed E-state index contributed by atoms with van der Waals surface area (Å²) >= 11 is 1.12. The molecule has 3 aromatic rings. The highest BCUT2D eigenvalue weighted by molar-refractivity contribution is 7.14. The van der Waals surface area contributed by atoms with Gasteiger partial charge in [-0.3, -0.25) is 19.3 Å². The fourth-order valence-electron chi connectivity index (χ4n) is 3.00. The van der Waals surface area contributed by atoms with E-state index in [9.17, 15) is 18.8 Å². The number of hydrogen-bond donors (Lipinski definition) is 1. The van der Waals surface area contributed by atoms with Crippen molar-refractivity contribution >= 4 is 39.9 Å². The van der Waals surface area contributed by atoms with Crippen LogP contribution in [-0.4, -0.2) is 35.9 Å². The smallest absolute Gasteiger partial charge is 0.325 e. The zero-order valence-corrected chi connectivity index (χ0v) is 20.3. The van der Waals surface area contributed by atoms with E-state index in [1.54, 1.807) is 35.7 Å². The lowest BCUT2D eigenvalue weighted by Gasteiger charge is -2.18. The fourth-order valence-corrected chi connectivity index (χ4v) is 3.87. The molecule has 0 saturated heterocycles. The number of benzene rings is 2. The average Bonchev–Trinajstić information content (AvgIpc) is 3.31. The Morgan fingerprint density at radius 3 is 2.54 bits per heavy atom. The minimum absolute atomic E-state index is 0.0844. The minimum atomic E-state index is -0.648. The molecule has 2 aromatic carbocycles. The van der Waals surface area contributed by atoms with Crippen molar-refractivity contribution in [3.8, 4) is 5.75 Å². The highest BCUT2D eigenvalue weighted by Crippen LogP contribution is 2.30. The van der Waals surface area contributed by atoms with E-state index in [1.165, 1.54) is 25.1 Å². The molecule has 3 rings (SSSR count). The number of para-hydroxylation sites is 1. The SMILES string of the molecule is CCCCOc1ccc(C(=O)NCC(=O)OCc2csc(N(C(C)=O)c3ccccc3F)n2)cc1. The van der Waals surface area contributed by atoms with Crippen molar-refractivity contribution in [2.75, 3.05) is 18.1 Å². The number of carbonyl (C=O) groups is 3. The molecular formula is C25H26FN3O5S. The lowest BCUT2D eigenvalue weighted by molar-refractivity contribution is -0.143. The third-order valence-corrected chi connectivity index (χ3v) is 5.67. The van der Waals surface area contributed by atoms with E-state index in [-0.39, 0.29) is 24.0 Å². The number of aromatic nitrogens is 1. The first-order valence-electron chi connectivity index (χ1n) is 11.0. The summed E-state index contributed by atoms with van der Waals surface area (Å²) in [5.74, 6) is -1.35. The Bertz CT molecular complexity index is 1170. The van der Waals surface area contributed by atoms with Crippen LogP contribution < -0.4 is 15.0 Å². The number of esters is 1. The van der Waals surface area contributed by atoms with Gasteiger partial charge in [0, 0.05) is 17.9 Å². The molecule has 10 heteroatoms. The summed E-state index contributed by atoms with van der Waals surface area (Å²) in [5, 5.41) is 4.37. The molecule has 0 atom stereocenters. The Kier molecular flexibility index (Phi) is 9.31. The molecule has 0 aliphatic rings. The summed E-state index contributed by atoms with van der Waals surface area (Å²) in [5.41, 5.74) is 0.870. The van der Waals surface area contributed by atoms with Crippen molar-refractivity contribution in [1.82, 2.24) is 10.3 Å². The summed E-state index contributed by atoms with van der Waals surface area (Å²) in [6.07, 6.45) is 1.98. The van der Waals surface area contributed by atoms with E-state index < -0.39 is 23.6 Å². The summed E-state index contributed by atoms with van der Waals surface area (Å²) < 4.78 is 24.9. The second-order valence-corrected chi connectivity index (χ2v) is 8.33. The number of carbonyl (C=O) groups excluding carboxylic acids is 3. The molecule has 0 bridgehead atoms. The Morgan fingerprint density at radius 1 is 1.11 bits per heavy atom. The van der Waals surface area contributed by atoms with Crippen LogP contribution in [0.15, 0.2) is 53.9 Å². The number of halogens is 1. The van der Waals surface area contributed by atoms with Crippen LogP contribution in [-0.2, 0) is 20.9 Å². The van der Waals surface area contributed by atoms with Gasteiger partial charge in [0.2, 0.25) is 5.91 Å². The number of thiazole rings is 1. The number of nitrogens with zero attached hydrogens (tertiary/aromatic N) is 2.